The van der Waals surface area contributed by atoms with Crippen LogP contribution < -0.4 is 9.80 Å². The van der Waals surface area contributed by atoms with E-state index in [1.54, 1.807) is 0 Å². The fraction of sp³-hybridized carbons (Fsp3) is 0.102. The zero-order valence-electron chi connectivity index (χ0n) is 29.1. The lowest BCUT2D eigenvalue weighted by Crippen LogP contribution is -2.10. The highest BCUT2D eigenvalue weighted by Gasteiger charge is 2.19. The summed E-state index contributed by atoms with van der Waals surface area (Å²) in [6.45, 7) is 0. The Morgan fingerprint density at radius 2 is 1.08 bits per heavy atom. The number of anilines is 6. The first-order valence-electron chi connectivity index (χ1n) is 18.3. The number of furan rings is 1. The molecule has 1 unspecified atom stereocenters. The second kappa shape index (κ2) is 14.1. The molecule has 6 aromatic carbocycles. The Balaban J connectivity index is 1.11. The van der Waals surface area contributed by atoms with E-state index in [4.69, 9.17) is 4.42 Å². The fourth-order valence-electron chi connectivity index (χ4n) is 7.58. The third-order valence-corrected chi connectivity index (χ3v) is 10.2. The third kappa shape index (κ3) is 6.38. The summed E-state index contributed by atoms with van der Waals surface area (Å²) in [5.74, 6) is 0.552. The van der Waals surface area contributed by atoms with Crippen molar-refractivity contribution >= 4 is 61.6 Å². The van der Waals surface area contributed by atoms with E-state index in [0.29, 0.717) is 5.92 Å². The van der Waals surface area contributed by atoms with Gasteiger partial charge in [0.05, 0.1) is 0 Å². The number of allylic oxidation sites excluding steroid dienone is 8. The van der Waals surface area contributed by atoms with Gasteiger partial charge >= 0.3 is 0 Å². The molecule has 0 radical (unpaired) electrons. The van der Waals surface area contributed by atoms with Gasteiger partial charge in [-0.15, -0.1) is 0 Å². The minimum absolute atomic E-state index is 0.552. The topological polar surface area (TPSA) is 19.6 Å². The maximum absolute atomic E-state index is 6.46. The van der Waals surface area contributed by atoms with Crippen LogP contribution in [0.1, 0.15) is 30.4 Å². The Morgan fingerprint density at radius 1 is 0.519 bits per heavy atom. The van der Waals surface area contributed by atoms with E-state index in [0.717, 1.165) is 81.7 Å². The van der Waals surface area contributed by atoms with Gasteiger partial charge in [-0.05, 0) is 133 Å². The van der Waals surface area contributed by atoms with E-state index in [1.165, 1.54) is 16.7 Å². The fourth-order valence-corrected chi connectivity index (χ4v) is 7.58. The minimum atomic E-state index is 0.552. The minimum Gasteiger partial charge on any atom is -0.456 e. The Morgan fingerprint density at radius 3 is 1.62 bits per heavy atom. The molecule has 0 bridgehead atoms. The molecule has 1 heterocycles. The van der Waals surface area contributed by atoms with E-state index < -0.39 is 0 Å². The van der Waals surface area contributed by atoms with Crippen LogP contribution in [0.4, 0.5) is 34.1 Å². The molecule has 0 saturated heterocycles. The molecular formula is C49H40N2O. The molecule has 7 aromatic rings. The lowest BCUT2D eigenvalue weighted by atomic mass is 9.93. The van der Waals surface area contributed by atoms with Gasteiger partial charge in [0.2, 0.25) is 0 Å². The number of fused-ring (bicyclic) bond motifs is 3. The lowest BCUT2D eigenvalue weighted by Gasteiger charge is -2.26. The summed E-state index contributed by atoms with van der Waals surface area (Å²) >= 11 is 0. The molecular weight excluding hydrogens is 633 g/mol. The first kappa shape index (κ1) is 31.6. The second-order valence-corrected chi connectivity index (χ2v) is 13.7. The van der Waals surface area contributed by atoms with E-state index in [9.17, 15) is 0 Å². The quantitative estimate of drug-likeness (QED) is 0.152. The van der Waals surface area contributed by atoms with Crippen LogP contribution >= 0.6 is 0 Å². The number of benzene rings is 6. The van der Waals surface area contributed by atoms with Crippen molar-refractivity contribution in [1.29, 1.82) is 0 Å². The summed E-state index contributed by atoms with van der Waals surface area (Å²) in [5, 5.41) is 2.17. The van der Waals surface area contributed by atoms with Crippen molar-refractivity contribution in [2.45, 2.75) is 25.7 Å². The summed E-state index contributed by atoms with van der Waals surface area (Å²) in [7, 11) is 0. The van der Waals surface area contributed by atoms with Crippen LogP contribution in [-0.4, -0.2) is 0 Å². The predicted octanol–water partition coefficient (Wildman–Crippen LogP) is 13.9. The summed E-state index contributed by atoms with van der Waals surface area (Å²) in [4.78, 5) is 4.66. The van der Waals surface area contributed by atoms with Gasteiger partial charge in [-0.1, -0.05) is 103 Å². The van der Waals surface area contributed by atoms with Gasteiger partial charge < -0.3 is 14.2 Å². The lowest BCUT2D eigenvalue weighted by molar-refractivity contribution is 0.653. The first-order valence-corrected chi connectivity index (χ1v) is 18.3. The number of hydrogen-bond acceptors (Lipinski definition) is 3. The monoisotopic (exact) mass is 672 g/mol. The van der Waals surface area contributed by atoms with Crippen LogP contribution in [0.2, 0.25) is 0 Å². The number of para-hydroxylation sites is 2. The van der Waals surface area contributed by atoms with Crippen molar-refractivity contribution in [3.63, 3.8) is 0 Å². The third-order valence-electron chi connectivity index (χ3n) is 10.2. The van der Waals surface area contributed by atoms with Gasteiger partial charge in [-0.2, -0.15) is 0 Å². The highest BCUT2D eigenvalue weighted by Crippen LogP contribution is 2.42. The van der Waals surface area contributed by atoms with Crippen LogP contribution in [-0.2, 0) is 6.42 Å². The Hall–Kier alpha value is -6.32. The van der Waals surface area contributed by atoms with Crippen LogP contribution in [0, 0.1) is 5.92 Å². The maximum atomic E-state index is 6.46. The molecule has 0 spiro atoms. The van der Waals surface area contributed by atoms with Gasteiger partial charge in [0.1, 0.15) is 11.2 Å². The normalized spacial score (nSPS) is 15.2. The Labute approximate surface area is 305 Å². The molecule has 0 aliphatic heterocycles. The summed E-state index contributed by atoms with van der Waals surface area (Å²) < 4.78 is 6.46. The second-order valence-electron chi connectivity index (χ2n) is 13.7. The van der Waals surface area contributed by atoms with Crippen LogP contribution in [0.25, 0.3) is 27.5 Å². The molecule has 3 heteroatoms. The van der Waals surface area contributed by atoms with E-state index >= 15 is 0 Å². The molecule has 1 aromatic heterocycles. The molecule has 0 fully saturated rings. The van der Waals surface area contributed by atoms with Crippen LogP contribution in [0.3, 0.4) is 0 Å². The summed E-state index contributed by atoms with van der Waals surface area (Å²) in [5.41, 5.74) is 12.3. The molecule has 3 nitrogen and oxygen atoms in total. The number of hydrogen-bond donors (Lipinski definition) is 0. The summed E-state index contributed by atoms with van der Waals surface area (Å²) in [6.07, 6.45) is 20.1. The molecule has 52 heavy (non-hydrogen) atoms. The Kier molecular flexibility index (Phi) is 8.60. The van der Waals surface area contributed by atoms with Crippen LogP contribution in [0.15, 0.2) is 193 Å². The van der Waals surface area contributed by atoms with Gasteiger partial charge in [-0.3, -0.25) is 0 Å². The Bertz CT molecular complexity index is 2450. The summed E-state index contributed by atoms with van der Waals surface area (Å²) in [6, 6.07) is 52.3. The van der Waals surface area contributed by atoms with Gasteiger partial charge in [0, 0.05) is 44.9 Å². The molecule has 9 rings (SSSR count). The standard InChI is InChI=1S/C49H40N2O/c1-5-13-36(14-6-1)33-37-21-25-42(26-22-37)50(40-17-9-3-10-18-40)44-29-31-48-46(34-44)47-35-45(30-32-49(47)52-48)51(41-19-11-4-12-20-41)43-27-23-39(24-28-43)38-15-7-2-8-16-38/h1,3-7,9-13,15-32,34-36H,2,8,14,33H2. The van der Waals surface area contributed by atoms with E-state index in [2.05, 4.69) is 198 Å². The molecule has 0 saturated carbocycles. The average Bonchev–Trinajstić information content (AvgIpc) is 3.58. The molecule has 252 valence electrons. The van der Waals surface area contributed by atoms with Crippen molar-refractivity contribution in [3.8, 4) is 0 Å². The van der Waals surface area contributed by atoms with Crippen LogP contribution in [0.5, 0.6) is 0 Å². The van der Waals surface area contributed by atoms with Crippen molar-refractivity contribution < 1.29 is 4.42 Å². The van der Waals surface area contributed by atoms with E-state index in [-0.39, 0.29) is 0 Å². The molecule has 1 atom stereocenters. The van der Waals surface area contributed by atoms with Gasteiger partial charge in [0.15, 0.2) is 0 Å². The molecule has 0 N–H and O–H groups in total. The van der Waals surface area contributed by atoms with Gasteiger partial charge in [-0.25, -0.2) is 0 Å². The first-order chi connectivity index (χ1) is 25.8. The molecule has 0 amide bonds. The number of rotatable bonds is 9. The average molecular weight is 673 g/mol. The van der Waals surface area contributed by atoms with Crippen molar-refractivity contribution in [3.05, 3.63) is 199 Å². The SMILES string of the molecule is C1=CCC(Cc2ccc(N(c3ccccc3)c3ccc4oc5ccc(N(c6ccccc6)c6ccc(C7=CCCC=C7)cc6)cc5c4c3)cc2)C=C1. The maximum Gasteiger partial charge on any atom is 0.135 e. The van der Waals surface area contributed by atoms with Crippen molar-refractivity contribution in [1.82, 2.24) is 0 Å². The zero-order chi connectivity index (χ0) is 34.7. The molecule has 2 aliphatic rings. The highest BCUT2D eigenvalue weighted by molar-refractivity contribution is 6.08. The zero-order valence-corrected chi connectivity index (χ0v) is 29.1. The number of nitrogens with zero attached hydrogens (tertiary/aromatic N) is 2. The van der Waals surface area contributed by atoms with Crippen molar-refractivity contribution in [2.24, 2.45) is 5.92 Å². The largest absolute Gasteiger partial charge is 0.456 e. The predicted molar refractivity (Wildman–Crippen MR) is 220 cm³/mol. The van der Waals surface area contributed by atoms with Gasteiger partial charge in [0.25, 0.3) is 0 Å². The molecule has 2 aliphatic carbocycles. The van der Waals surface area contributed by atoms with Crippen molar-refractivity contribution in [2.75, 3.05) is 9.80 Å². The highest BCUT2D eigenvalue weighted by atomic mass is 16.3. The smallest absolute Gasteiger partial charge is 0.135 e. The van der Waals surface area contributed by atoms with E-state index in [1.807, 2.05) is 0 Å².